The molecule has 0 atom stereocenters. The van der Waals surface area contributed by atoms with Crippen LogP contribution in [0, 0.1) is 0 Å². The third-order valence-corrected chi connectivity index (χ3v) is 2.29. The Morgan fingerprint density at radius 3 is 2.50 bits per heavy atom. The molecule has 1 amide bonds. The lowest BCUT2D eigenvalue weighted by Crippen LogP contribution is -2.44. The maximum absolute atomic E-state index is 11.6. The van der Waals surface area contributed by atoms with Crippen molar-refractivity contribution in [2.45, 2.75) is 0 Å². The van der Waals surface area contributed by atoms with Gasteiger partial charge in [0.2, 0.25) is 0 Å². The Hall–Kier alpha value is -2.34. The molecule has 18 heavy (non-hydrogen) atoms. The maximum Gasteiger partial charge on any atom is 0.305 e. The molecule has 0 fully saturated rings. The van der Waals surface area contributed by atoms with Crippen molar-refractivity contribution < 1.29 is 9.21 Å². The van der Waals surface area contributed by atoms with Gasteiger partial charge in [-0.2, -0.15) is 0 Å². The maximum atomic E-state index is 11.6. The van der Waals surface area contributed by atoms with E-state index in [0.29, 0.717) is 5.76 Å². The Labute approximate surface area is 109 Å². The van der Waals surface area contributed by atoms with Gasteiger partial charge in [0.1, 0.15) is 5.76 Å². The van der Waals surface area contributed by atoms with Gasteiger partial charge in [0.15, 0.2) is 10.9 Å². The van der Waals surface area contributed by atoms with Crippen LogP contribution in [0.2, 0.25) is 0 Å². The van der Waals surface area contributed by atoms with Gasteiger partial charge in [-0.15, -0.1) is 0 Å². The number of nitrogens with two attached hydrogens (primary N) is 1. The standard InChI is InChI=1S/C12H11N3O2S/c13-12(18)15-14-11(16)10-7-6-9(17-10)8-4-2-1-3-5-8/h1-7H,(H,14,16)(H3,13,15,18). The van der Waals surface area contributed by atoms with Crippen molar-refractivity contribution >= 4 is 23.2 Å². The Bertz CT molecular complexity index is 566. The molecule has 2 rings (SSSR count). The predicted molar refractivity (Wildman–Crippen MR) is 71.5 cm³/mol. The molecular formula is C12H11N3O2S. The highest BCUT2D eigenvalue weighted by molar-refractivity contribution is 7.80. The van der Waals surface area contributed by atoms with E-state index in [9.17, 15) is 4.79 Å². The lowest BCUT2D eigenvalue weighted by atomic mass is 10.2. The second-order valence-corrected chi connectivity index (χ2v) is 3.91. The van der Waals surface area contributed by atoms with Gasteiger partial charge >= 0.3 is 5.91 Å². The van der Waals surface area contributed by atoms with Crippen LogP contribution < -0.4 is 16.6 Å². The Morgan fingerprint density at radius 1 is 1.11 bits per heavy atom. The summed E-state index contributed by atoms with van der Waals surface area (Å²) in [6, 6.07) is 12.8. The largest absolute Gasteiger partial charge is 0.451 e. The average molecular weight is 261 g/mol. The Kier molecular flexibility index (Phi) is 3.59. The first-order chi connectivity index (χ1) is 8.66. The van der Waals surface area contributed by atoms with E-state index in [-0.39, 0.29) is 10.9 Å². The minimum absolute atomic E-state index is 0.0156. The number of hydrogen-bond acceptors (Lipinski definition) is 3. The molecule has 6 heteroatoms. The van der Waals surface area contributed by atoms with Crippen LogP contribution in [0.15, 0.2) is 46.9 Å². The third-order valence-electron chi connectivity index (χ3n) is 2.19. The monoisotopic (exact) mass is 261 g/mol. The van der Waals surface area contributed by atoms with E-state index in [1.165, 1.54) is 0 Å². The zero-order chi connectivity index (χ0) is 13.0. The number of rotatable bonds is 2. The van der Waals surface area contributed by atoms with E-state index in [1.54, 1.807) is 12.1 Å². The number of hydrogen-bond donors (Lipinski definition) is 3. The number of carbonyl (C=O) groups excluding carboxylic acids is 1. The van der Waals surface area contributed by atoms with Crippen LogP contribution in [0.1, 0.15) is 10.6 Å². The minimum Gasteiger partial charge on any atom is -0.451 e. The van der Waals surface area contributed by atoms with Crippen LogP contribution in [-0.4, -0.2) is 11.0 Å². The van der Waals surface area contributed by atoms with Gasteiger partial charge in [-0.05, 0) is 24.4 Å². The molecule has 1 aromatic heterocycles. The molecule has 0 saturated carbocycles. The number of benzene rings is 1. The number of thiocarbonyl (C=S) groups is 1. The predicted octanol–water partition coefficient (Wildman–Crippen LogP) is 1.42. The minimum atomic E-state index is -0.440. The van der Waals surface area contributed by atoms with Crippen molar-refractivity contribution in [3.05, 3.63) is 48.2 Å². The topological polar surface area (TPSA) is 80.3 Å². The average Bonchev–Trinajstić information content (AvgIpc) is 2.86. The molecular weight excluding hydrogens is 250 g/mol. The fraction of sp³-hybridized carbons (Fsp3) is 0. The number of hydrazine groups is 1. The van der Waals surface area contributed by atoms with Crippen LogP contribution in [0.5, 0.6) is 0 Å². The smallest absolute Gasteiger partial charge is 0.305 e. The van der Waals surface area contributed by atoms with E-state index in [0.717, 1.165) is 5.56 Å². The number of carbonyl (C=O) groups is 1. The molecule has 2 aromatic rings. The van der Waals surface area contributed by atoms with Crippen molar-refractivity contribution in [3.8, 4) is 11.3 Å². The van der Waals surface area contributed by atoms with Gasteiger partial charge in [0.05, 0.1) is 0 Å². The fourth-order valence-corrected chi connectivity index (χ4v) is 1.45. The van der Waals surface area contributed by atoms with E-state index >= 15 is 0 Å². The fourth-order valence-electron chi connectivity index (χ4n) is 1.40. The molecule has 0 unspecified atom stereocenters. The van der Waals surface area contributed by atoms with Crippen molar-refractivity contribution in [1.29, 1.82) is 0 Å². The first-order valence-electron chi connectivity index (χ1n) is 5.18. The highest BCUT2D eigenvalue weighted by Gasteiger charge is 2.11. The quantitative estimate of drug-likeness (QED) is 0.563. The third kappa shape index (κ3) is 2.86. The van der Waals surface area contributed by atoms with Crippen molar-refractivity contribution in [2.24, 2.45) is 5.73 Å². The second-order valence-electron chi connectivity index (χ2n) is 3.47. The number of nitrogens with one attached hydrogen (secondary N) is 2. The number of amides is 1. The molecule has 0 aliphatic rings. The van der Waals surface area contributed by atoms with Gasteiger partial charge in [-0.25, -0.2) is 0 Å². The SMILES string of the molecule is NC(=S)NNC(=O)c1ccc(-c2ccccc2)o1. The molecule has 0 aliphatic heterocycles. The molecule has 0 bridgehead atoms. The molecule has 0 aliphatic carbocycles. The van der Waals surface area contributed by atoms with Gasteiger partial charge in [-0.1, -0.05) is 30.3 Å². The highest BCUT2D eigenvalue weighted by atomic mass is 32.1. The summed E-state index contributed by atoms with van der Waals surface area (Å²) >= 11 is 4.57. The molecule has 0 radical (unpaired) electrons. The summed E-state index contributed by atoms with van der Waals surface area (Å²) in [5.41, 5.74) is 10.7. The Morgan fingerprint density at radius 2 is 1.83 bits per heavy atom. The molecule has 5 nitrogen and oxygen atoms in total. The van der Waals surface area contributed by atoms with Gasteiger partial charge in [0.25, 0.3) is 0 Å². The zero-order valence-corrected chi connectivity index (χ0v) is 10.2. The van der Waals surface area contributed by atoms with Crippen LogP contribution in [0.25, 0.3) is 11.3 Å². The molecule has 0 spiro atoms. The lowest BCUT2D eigenvalue weighted by Gasteiger charge is -2.03. The summed E-state index contributed by atoms with van der Waals surface area (Å²) in [6.07, 6.45) is 0. The van der Waals surface area contributed by atoms with Crippen molar-refractivity contribution in [2.75, 3.05) is 0 Å². The second kappa shape index (κ2) is 5.33. The van der Waals surface area contributed by atoms with Crippen LogP contribution in [0.3, 0.4) is 0 Å². The van der Waals surface area contributed by atoms with Crippen molar-refractivity contribution in [1.82, 2.24) is 10.9 Å². The van der Waals surface area contributed by atoms with Crippen LogP contribution in [-0.2, 0) is 0 Å². The summed E-state index contributed by atoms with van der Waals surface area (Å²) in [4.78, 5) is 11.6. The molecule has 1 heterocycles. The number of furan rings is 1. The summed E-state index contributed by atoms with van der Waals surface area (Å²) in [5.74, 6) is 0.360. The summed E-state index contributed by atoms with van der Waals surface area (Å²) < 4.78 is 5.43. The summed E-state index contributed by atoms with van der Waals surface area (Å²) in [5, 5.41) is -0.0156. The van der Waals surface area contributed by atoms with E-state index < -0.39 is 5.91 Å². The first-order valence-corrected chi connectivity index (χ1v) is 5.58. The van der Waals surface area contributed by atoms with E-state index in [4.69, 9.17) is 10.2 Å². The van der Waals surface area contributed by atoms with Gasteiger partial charge < -0.3 is 10.2 Å². The lowest BCUT2D eigenvalue weighted by molar-refractivity contribution is 0.0917. The van der Waals surface area contributed by atoms with E-state index in [2.05, 4.69) is 23.1 Å². The molecule has 1 aromatic carbocycles. The molecule has 4 N–H and O–H groups in total. The van der Waals surface area contributed by atoms with Crippen LogP contribution >= 0.6 is 12.2 Å². The normalized spacial score (nSPS) is 9.78. The van der Waals surface area contributed by atoms with E-state index in [1.807, 2.05) is 30.3 Å². The highest BCUT2D eigenvalue weighted by Crippen LogP contribution is 2.21. The van der Waals surface area contributed by atoms with Gasteiger partial charge in [0, 0.05) is 5.56 Å². The summed E-state index contributed by atoms with van der Waals surface area (Å²) in [6.45, 7) is 0. The summed E-state index contributed by atoms with van der Waals surface area (Å²) in [7, 11) is 0. The Balaban J connectivity index is 2.11. The van der Waals surface area contributed by atoms with Crippen LogP contribution in [0.4, 0.5) is 0 Å². The molecule has 92 valence electrons. The van der Waals surface area contributed by atoms with Gasteiger partial charge in [-0.3, -0.25) is 15.6 Å². The molecule has 0 saturated heterocycles. The first kappa shape index (κ1) is 12.1. The van der Waals surface area contributed by atoms with Crippen molar-refractivity contribution in [3.63, 3.8) is 0 Å². The zero-order valence-electron chi connectivity index (χ0n) is 9.34.